The van der Waals surface area contributed by atoms with Crippen molar-refractivity contribution in [2.75, 3.05) is 25.6 Å². The highest BCUT2D eigenvalue weighted by atomic mass is 31.1. The molecule has 4 heterocycles. The minimum Gasteiger partial charge on any atom is -0.382 e. The van der Waals surface area contributed by atoms with Crippen molar-refractivity contribution in [2.45, 2.75) is 24.0 Å². The van der Waals surface area contributed by atoms with Gasteiger partial charge in [0, 0.05) is 4.91 Å². The highest BCUT2D eigenvalue weighted by Crippen LogP contribution is 2.48. The maximum Gasteiger partial charge on any atom is 0.504 e. The van der Waals surface area contributed by atoms with Crippen LogP contribution in [0.15, 0.2) is 17.8 Å². The molecule has 130 valence electrons. The Kier molecular flexibility index (Phi) is 3.78. The Morgan fingerprint density at radius 3 is 3.20 bits per heavy atom. The van der Waals surface area contributed by atoms with Crippen molar-refractivity contribution in [1.29, 1.82) is 0 Å². The second-order valence-electron chi connectivity index (χ2n) is 5.79. The fraction of sp³-hybridized carbons (Fsp3) is 0.583. The van der Waals surface area contributed by atoms with Crippen molar-refractivity contribution in [3.8, 4) is 0 Å². The molecule has 2 bridgehead atoms. The number of hydrogen-bond donors (Lipinski definition) is 1. The molecule has 0 saturated carbocycles. The Hall–Kier alpha value is -2.36. The smallest absolute Gasteiger partial charge is 0.382 e. The number of imidazole rings is 1. The molecule has 1 unspecified atom stereocenters. The number of ether oxygens (including phenoxy) is 2. The van der Waals surface area contributed by atoms with Gasteiger partial charge in [0.15, 0.2) is 24.4 Å². The second-order valence-corrected chi connectivity index (χ2v) is 6.93. The molecule has 0 radical (unpaired) electrons. The predicted octanol–water partition coefficient (Wildman–Crippen LogP) is 1.14. The van der Waals surface area contributed by atoms with E-state index in [-0.39, 0.29) is 19.0 Å². The number of anilines is 1. The van der Waals surface area contributed by atoms with Crippen LogP contribution in [0.1, 0.15) is 6.23 Å². The molecule has 0 amide bonds. The maximum atomic E-state index is 11.3. The summed E-state index contributed by atoms with van der Waals surface area (Å²) in [6, 6.07) is -0.630. The molecule has 2 aliphatic rings. The van der Waals surface area contributed by atoms with Crippen LogP contribution in [0.4, 0.5) is 5.82 Å². The van der Waals surface area contributed by atoms with Gasteiger partial charge >= 0.3 is 8.03 Å². The fourth-order valence-corrected chi connectivity index (χ4v) is 3.62. The van der Waals surface area contributed by atoms with Crippen molar-refractivity contribution < 1.29 is 18.6 Å². The summed E-state index contributed by atoms with van der Waals surface area (Å²) in [5.41, 5.74) is 14.6. The third-order valence-electron chi connectivity index (χ3n) is 4.33. The lowest BCUT2D eigenvalue weighted by Crippen LogP contribution is -2.43. The Morgan fingerprint density at radius 2 is 2.44 bits per heavy atom. The first kappa shape index (κ1) is 16.1. The summed E-state index contributed by atoms with van der Waals surface area (Å²) in [7, 11) is -1.83. The topological polar surface area (TPSA) is 163 Å². The predicted molar refractivity (Wildman–Crippen MR) is 84.7 cm³/mol. The van der Waals surface area contributed by atoms with E-state index in [0.717, 1.165) is 0 Å². The molecule has 0 aliphatic carbocycles. The van der Waals surface area contributed by atoms with Gasteiger partial charge in [-0.25, -0.2) is 15.0 Å². The standard InChI is InChI=1S/C12H14N8O4P/c1-25(21)23-3-12-2-22-7(8(12)18-19-14)11(24-12)20-5-17-6-9(13)15-4-16-10(6)20/h4-5,7-8,11H,2-3H2,1H3,(H2,13,15,16)/q+1/t7-,8+,11-,12-/m1/s1. The second kappa shape index (κ2) is 5.87. The average Bonchev–Trinajstić information content (AvgIpc) is 3.24. The molecule has 2 aromatic rings. The zero-order chi connectivity index (χ0) is 17.6. The van der Waals surface area contributed by atoms with E-state index in [9.17, 15) is 4.57 Å². The molecule has 13 heteroatoms. The van der Waals surface area contributed by atoms with E-state index in [1.807, 2.05) is 0 Å². The first-order valence-electron chi connectivity index (χ1n) is 7.36. The lowest BCUT2D eigenvalue weighted by molar-refractivity contribution is -0.179. The molecule has 2 saturated heterocycles. The Balaban J connectivity index is 1.73. The van der Waals surface area contributed by atoms with Crippen LogP contribution >= 0.6 is 8.03 Å². The first-order valence-corrected chi connectivity index (χ1v) is 8.98. The van der Waals surface area contributed by atoms with Gasteiger partial charge in [0.1, 0.15) is 36.2 Å². The molecule has 2 aromatic heterocycles. The first-order chi connectivity index (χ1) is 12.1. The van der Waals surface area contributed by atoms with Crippen LogP contribution in [-0.4, -0.2) is 57.1 Å². The van der Waals surface area contributed by atoms with E-state index >= 15 is 0 Å². The molecule has 2 aliphatic heterocycles. The summed E-state index contributed by atoms with van der Waals surface area (Å²) < 4.78 is 30.2. The van der Waals surface area contributed by atoms with Crippen LogP contribution in [0.25, 0.3) is 21.6 Å². The van der Waals surface area contributed by atoms with Gasteiger partial charge in [-0.2, -0.15) is 0 Å². The number of aromatic nitrogens is 4. The third kappa shape index (κ3) is 2.43. The van der Waals surface area contributed by atoms with Gasteiger partial charge in [-0.1, -0.05) is 5.11 Å². The lowest BCUT2D eigenvalue weighted by Gasteiger charge is -2.29. The molecule has 5 atom stereocenters. The summed E-state index contributed by atoms with van der Waals surface area (Å²) >= 11 is 0. The van der Waals surface area contributed by atoms with Crippen molar-refractivity contribution in [3.63, 3.8) is 0 Å². The number of fused-ring (bicyclic) bond motifs is 3. The summed E-state index contributed by atoms with van der Waals surface area (Å²) in [5.74, 6) is 0.250. The maximum absolute atomic E-state index is 11.3. The van der Waals surface area contributed by atoms with Crippen LogP contribution in [0, 0.1) is 0 Å². The van der Waals surface area contributed by atoms with Gasteiger partial charge < -0.3 is 15.2 Å². The zero-order valence-corrected chi connectivity index (χ0v) is 14.0. The van der Waals surface area contributed by atoms with E-state index in [0.29, 0.717) is 11.2 Å². The van der Waals surface area contributed by atoms with Gasteiger partial charge in [0.05, 0.1) is 12.9 Å². The normalized spacial score (nSPS) is 31.2. The van der Waals surface area contributed by atoms with Gasteiger partial charge in [0.25, 0.3) is 0 Å². The van der Waals surface area contributed by atoms with Gasteiger partial charge in [-0.3, -0.25) is 4.57 Å². The summed E-state index contributed by atoms with van der Waals surface area (Å²) in [6.07, 6.45) is 1.66. The average molecular weight is 365 g/mol. The molecule has 12 nitrogen and oxygen atoms in total. The van der Waals surface area contributed by atoms with Crippen LogP contribution < -0.4 is 5.73 Å². The molecule has 2 N–H and O–H groups in total. The molecule has 4 rings (SSSR count). The molecular weight excluding hydrogens is 351 g/mol. The number of rotatable bonds is 5. The highest BCUT2D eigenvalue weighted by molar-refractivity contribution is 7.38. The van der Waals surface area contributed by atoms with Crippen LogP contribution in [0.3, 0.4) is 0 Å². The van der Waals surface area contributed by atoms with Crippen LogP contribution in [0.2, 0.25) is 0 Å². The van der Waals surface area contributed by atoms with E-state index in [2.05, 4.69) is 25.0 Å². The molecule has 0 aromatic carbocycles. The zero-order valence-electron chi connectivity index (χ0n) is 13.1. The van der Waals surface area contributed by atoms with Crippen molar-refractivity contribution in [3.05, 3.63) is 23.1 Å². The monoisotopic (exact) mass is 365 g/mol. The van der Waals surface area contributed by atoms with E-state index in [1.54, 1.807) is 4.57 Å². The van der Waals surface area contributed by atoms with Gasteiger partial charge in [0.2, 0.25) is 0 Å². The minimum absolute atomic E-state index is 0.0147. The Labute approximate surface area is 141 Å². The molecule has 25 heavy (non-hydrogen) atoms. The SMILES string of the molecule is C[P+](=O)OC[C@@]12CO[C@@H]([C@H](n3cnc4c(N)ncnc43)O1)[C@@H]2N=[N+]=[N-]. The number of nitrogen functional groups attached to an aromatic ring is 1. The Morgan fingerprint density at radius 1 is 1.60 bits per heavy atom. The van der Waals surface area contributed by atoms with E-state index in [1.165, 1.54) is 19.3 Å². The molecule has 2 fully saturated rings. The number of nitrogens with two attached hydrogens (primary N) is 1. The molecular formula is C12H14N8O4P+. The van der Waals surface area contributed by atoms with E-state index < -0.39 is 32.0 Å². The summed E-state index contributed by atoms with van der Waals surface area (Å²) in [4.78, 5) is 15.2. The summed E-state index contributed by atoms with van der Waals surface area (Å²) in [5, 5.41) is 3.82. The van der Waals surface area contributed by atoms with Gasteiger partial charge in [-0.15, -0.1) is 4.52 Å². The van der Waals surface area contributed by atoms with Crippen LogP contribution in [0.5, 0.6) is 0 Å². The molecule has 0 spiro atoms. The highest BCUT2D eigenvalue weighted by Gasteiger charge is 2.63. The minimum atomic E-state index is -1.83. The van der Waals surface area contributed by atoms with Crippen LogP contribution in [-0.2, 0) is 18.6 Å². The van der Waals surface area contributed by atoms with E-state index in [4.69, 9.17) is 25.3 Å². The Bertz CT molecular complexity index is 898. The van der Waals surface area contributed by atoms with Crippen molar-refractivity contribution in [2.24, 2.45) is 5.11 Å². The fourth-order valence-electron chi connectivity index (χ4n) is 3.22. The lowest BCUT2D eigenvalue weighted by atomic mass is 9.98. The largest absolute Gasteiger partial charge is 0.504 e. The third-order valence-corrected chi connectivity index (χ3v) is 4.83. The van der Waals surface area contributed by atoms with Crippen molar-refractivity contribution in [1.82, 2.24) is 19.5 Å². The number of azide groups is 1. The number of hydrogen-bond acceptors (Lipinski definition) is 9. The summed E-state index contributed by atoms with van der Waals surface area (Å²) in [6.45, 7) is 1.60. The van der Waals surface area contributed by atoms with Crippen molar-refractivity contribution >= 4 is 25.0 Å². The van der Waals surface area contributed by atoms with Gasteiger partial charge in [-0.05, 0) is 10.1 Å². The number of nitrogens with zero attached hydrogens (tertiary/aromatic N) is 7. The quantitative estimate of drug-likeness (QED) is 0.357.